The maximum atomic E-state index is 12.0. The lowest BCUT2D eigenvalue weighted by atomic mass is 10.1. The molecule has 0 aliphatic heterocycles. The monoisotopic (exact) mass is 289 g/mol. The molecule has 0 fully saturated rings. The summed E-state index contributed by atoms with van der Waals surface area (Å²) in [5.74, 6) is -0.0658. The molecule has 0 N–H and O–H groups in total. The molecule has 0 bridgehead atoms. The predicted molar refractivity (Wildman–Crippen MR) is 85.4 cm³/mol. The van der Waals surface area contributed by atoms with Crippen LogP contribution in [0.2, 0.25) is 0 Å². The number of ketones is 1. The number of hydrogen-bond donors (Lipinski definition) is 0. The zero-order valence-corrected chi connectivity index (χ0v) is 12.0. The van der Waals surface area contributed by atoms with E-state index in [0.717, 1.165) is 5.56 Å². The normalized spacial score (nSPS) is 10.9. The molecule has 0 atom stereocenters. The summed E-state index contributed by atoms with van der Waals surface area (Å²) in [6, 6.07) is 13.6. The maximum absolute atomic E-state index is 12.0. The van der Waals surface area contributed by atoms with Crippen LogP contribution < -0.4 is 0 Å². The van der Waals surface area contributed by atoms with E-state index in [1.807, 2.05) is 29.1 Å². The highest BCUT2D eigenvalue weighted by atomic mass is 16.1. The van der Waals surface area contributed by atoms with Gasteiger partial charge < -0.3 is 0 Å². The Morgan fingerprint density at radius 1 is 1.09 bits per heavy atom. The molecular weight excluding hydrogens is 274 g/mol. The summed E-state index contributed by atoms with van der Waals surface area (Å²) in [6.45, 7) is 0.714. The number of nitrogens with zero attached hydrogens (tertiary/aromatic N) is 3. The first-order chi connectivity index (χ1) is 10.8. The van der Waals surface area contributed by atoms with E-state index in [1.54, 1.807) is 42.9 Å². The van der Waals surface area contributed by atoms with Gasteiger partial charge in [0.1, 0.15) is 0 Å². The lowest BCUT2D eigenvalue weighted by molar-refractivity contribution is 0.104. The van der Waals surface area contributed by atoms with Crippen LogP contribution in [0, 0.1) is 0 Å². The van der Waals surface area contributed by atoms with E-state index in [-0.39, 0.29) is 5.78 Å². The molecule has 0 aliphatic carbocycles. The molecule has 108 valence electrons. The summed E-state index contributed by atoms with van der Waals surface area (Å²) >= 11 is 0. The van der Waals surface area contributed by atoms with Gasteiger partial charge in [0.05, 0.1) is 12.7 Å². The van der Waals surface area contributed by atoms with Crippen LogP contribution in [-0.2, 0) is 6.54 Å². The molecule has 0 aliphatic rings. The quantitative estimate of drug-likeness (QED) is 0.535. The Kier molecular flexibility index (Phi) is 4.20. The van der Waals surface area contributed by atoms with Gasteiger partial charge in [-0.2, -0.15) is 5.10 Å². The number of rotatable bonds is 5. The van der Waals surface area contributed by atoms with E-state index < -0.39 is 0 Å². The average molecular weight is 289 g/mol. The molecule has 22 heavy (non-hydrogen) atoms. The zero-order chi connectivity index (χ0) is 15.2. The lowest BCUT2D eigenvalue weighted by Gasteiger charge is -2.00. The molecule has 4 nitrogen and oxygen atoms in total. The first kappa shape index (κ1) is 13.9. The lowest BCUT2D eigenvalue weighted by Crippen LogP contribution is -1.99. The summed E-state index contributed by atoms with van der Waals surface area (Å²) in [5, 5.41) is 4.30. The van der Waals surface area contributed by atoms with Crippen molar-refractivity contribution in [2.24, 2.45) is 0 Å². The number of pyridine rings is 1. The number of hydrogen-bond acceptors (Lipinski definition) is 3. The van der Waals surface area contributed by atoms with Crippen molar-refractivity contribution in [3.8, 4) is 0 Å². The van der Waals surface area contributed by atoms with Gasteiger partial charge in [0.25, 0.3) is 0 Å². The second-order valence-corrected chi connectivity index (χ2v) is 4.90. The summed E-state index contributed by atoms with van der Waals surface area (Å²) in [4.78, 5) is 15.9. The Morgan fingerprint density at radius 3 is 2.73 bits per heavy atom. The summed E-state index contributed by atoms with van der Waals surface area (Å²) in [7, 11) is 0. The highest BCUT2D eigenvalue weighted by Gasteiger charge is 2.01. The van der Waals surface area contributed by atoms with Gasteiger partial charge in [-0.15, -0.1) is 0 Å². The molecule has 0 saturated heterocycles. The third-order valence-electron chi connectivity index (χ3n) is 3.21. The number of carbonyl (C=O) groups is 1. The van der Waals surface area contributed by atoms with Crippen molar-refractivity contribution in [2.75, 3.05) is 0 Å². The highest BCUT2D eigenvalue weighted by molar-refractivity contribution is 6.06. The van der Waals surface area contributed by atoms with Crippen molar-refractivity contribution in [3.63, 3.8) is 0 Å². The molecule has 1 aromatic carbocycles. The smallest absolute Gasteiger partial charge is 0.187 e. The molecule has 4 heteroatoms. The topological polar surface area (TPSA) is 47.8 Å². The van der Waals surface area contributed by atoms with Gasteiger partial charge in [-0.1, -0.05) is 30.3 Å². The van der Waals surface area contributed by atoms with Crippen LogP contribution in [-0.4, -0.2) is 20.5 Å². The molecule has 0 saturated carbocycles. The third kappa shape index (κ3) is 3.55. The fraction of sp³-hybridized carbons (Fsp3) is 0.0556. The number of aromatic nitrogens is 3. The van der Waals surface area contributed by atoms with Gasteiger partial charge in [0.15, 0.2) is 5.78 Å². The van der Waals surface area contributed by atoms with Crippen LogP contribution in [0.15, 0.2) is 73.3 Å². The van der Waals surface area contributed by atoms with Crippen molar-refractivity contribution in [1.29, 1.82) is 0 Å². The van der Waals surface area contributed by atoms with Crippen molar-refractivity contribution in [1.82, 2.24) is 14.8 Å². The first-order valence-electron chi connectivity index (χ1n) is 7.00. The van der Waals surface area contributed by atoms with E-state index in [0.29, 0.717) is 12.1 Å². The number of benzene rings is 1. The van der Waals surface area contributed by atoms with E-state index in [4.69, 9.17) is 0 Å². The van der Waals surface area contributed by atoms with E-state index in [1.165, 1.54) is 5.56 Å². The van der Waals surface area contributed by atoms with Crippen LogP contribution in [0.4, 0.5) is 0 Å². The van der Waals surface area contributed by atoms with Crippen LogP contribution in [0.1, 0.15) is 21.5 Å². The Balaban J connectivity index is 1.67. The van der Waals surface area contributed by atoms with Crippen molar-refractivity contribution in [3.05, 3.63) is 90.0 Å². The number of allylic oxidation sites excluding steroid dienone is 1. The van der Waals surface area contributed by atoms with Gasteiger partial charge in [-0.3, -0.25) is 14.5 Å². The van der Waals surface area contributed by atoms with Gasteiger partial charge in [-0.05, 0) is 29.8 Å². The largest absolute Gasteiger partial charge is 0.289 e. The van der Waals surface area contributed by atoms with Gasteiger partial charge in [-0.25, -0.2) is 0 Å². The predicted octanol–water partition coefficient (Wildman–Crippen LogP) is 3.22. The molecule has 0 amide bonds. The van der Waals surface area contributed by atoms with Gasteiger partial charge >= 0.3 is 0 Å². The van der Waals surface area contributed by atoms with E-state index in [2.05, 4.69) is 22.2 Å². The highest BCUT2D eigenvalue weighted by Crippen LogP contribution is 2.07. The minimum absolute atomic E-state index is 0.0658. The first-order valence-corrected chi connectivity index (χ1v) is 7.00. The molecule has 2 heterocycles. The molecule has 2 aromatic heterocycles. The second-order valence-electron chi connectivity index (χ2n) is 4.90. The van der Waals surface area contributed by atoms with Crippen LogP contribution in [0.3, 0.4) is 0 Å². The van der Waals surface area contributed by atoms with Crippen LogP contribution in [0.25, 0.3) is 6.08 Å². The Labute approximate surface area is 128 Å². The Bertz CT molecular complexity index is 776. The van der Waals surface area contributed by atoms with Gasteiger partial charge in [0.2, 0.25) is 0 Å². The molecule has 0 spiro atoms. The maximum Gasteiger partial charge on any atom is 0.187 e. The van der Waals surface area contributed by atoms with Crippen molar-refractivity contribution < 1.29 is 4.79 Å². The molecule has 0 unspecified atom stereocenters. The Hall–Kier alpha value is -3.01. The minimum Gasteiger partial charge on any atom is -0.289 e. The fourth-order valence-electron chi connectivity index (χ4n) is 2.10. The summed E-state index contributed by atoms with van der Waals surface area (Å²) < 4.78 is 1.85. The molecular formula is C18H15N3O. The SMILES string of the molecule is O=C(C=Cc1cnn(Cc2ccccc2)c1)c1cccnc1. The van der Waals surface area contributed by atoms with E-state index >= 15 is 0 Å². The molecule has 3 rings (SSSR count). The van der Waals surface area contributed by atoms with Crippen LogP contribution in [0.5, 0.6) is 0 Å². The van der Waals surface area contributed by atoms with Crippen molar-refractivity contribution in [2.45, 2.75) is 6.54 Å². The number of carbonyl (C=O) groups excluding carboxylic acids is 1. The third-order valence-corrected chi connectivity index (χ3v) is 3.21. The standard InChI is InChI=1S/C18H15N3O/c22-18(17-7-4-10-19-12-17)9-8-16-11-20-21(14-16)13-15-5-2-1-3-6-15/h1-12,14H,13H2. The summed E-state index contributed by atoms with van der Waals surface area (Å²) in [6.07, 6.45) is 10.2. The minimum atomic E-state index is -0.0658. The zero-order valence-electron chi connectivity index (χ0n) is 12.0. The average Bonchev–Trinajstić information content (AvgIpc) is 3.02. The molecule has 0 radical (unpaired) electrons. The fourth-order valence-corrected chi connectivity index (χ4v) is 2.10. The van der Waals surface area contributed by atoms with Gasteiger partial charge in [0, 0.05) is 29.7 Å². The summed E-state index contributed by atoms with van der Waals surface area (Å²) in [5.41, 5.74) is 2.66. The second kappa shape index (κ2) is 6.63. The van der Waals surface area contributed by atoms with Crippen molar-refractivity contribution >= 4 is 11.9 Å². The van der Waals surface area contributed by atoms with Crippen LogP contribution >= 0.6 is 0 Å². The Morgan fingerprint density at radius 2 is 1.95 bits per heavy atom. The molecule has 3 aromatic rings. The van der Waals surface area contributed by atoms with E-state index in [9.17, 15) is 4.79 Å².